The molecule has 0 radical (unpaired) electrons. The van der Waals surface area contributed by atoms with Crippen molar-refractivity contribution in [1.29, 1.82) is 0 Å². The minimum atomic E-state index is 0.751. The van der Waals surface area contributed by atoms with Crippen LogP contribution in [0.25, 0.3) is 22.0 Å². The number of aromatic nitrogens is 2. The van der Waals surface area contributed by atoms with Crippen molar-refractivity contribution in [1.82, 2.24) is 14.9 Å². The van der Waals surface area contributed by atoms with Gasteiger partial charge in [-0.1, -0.05) is 73.1 Å². The smallest absolute Gasteiger partial charge is 0.129 e. The summed E-state index contributed by atoms with van der Waals surface area (Å²) in [4.78, 5) is 12.4. The third kappa shape index (κ3) is 4.21. The van der Waals surface area contributed by atoms with E-state index >= 15 is 0 Å². The minimum Gasteiger partial charge on any atom is -0.298 e. The molecule has 2 heterocycles. The molecular weight excluding hydrogens is 402 g/mol. The van der Waals surface area contributed by atoms with Gasteiger partial charge in [0.25, 0.3) is 0 Å². The Balaban J connectivity index is 1.45. The molecule has 1 aromatic heterocycles. The van der Waals surface area contributed by atoms with Crippen molar-refractivity contribution in [2.45, 2.75) is 32.7 Å². The van der Waals surface area contributed by atoms with Crippen molar-refractivity contribution < 1.29 is 0 Å². The molecule has 4 aromatic rings. The molecule has 1 aliphatic heterocycles. The Hall–Kier alpha value is -2.75. The highest BCUT2D eigenvalue weighted by Crippen LogP contribution is 2.29. The number of halogens is 1. The average Bonchev–Trinajstić information content (AvgIpc) is 3.01. The largest absolute Gasteiger partial charge is 0.298 e. The van der Waals surface area contributed by atoms with Gasteiger partial charge < -0.3 is 0 Å². The lowest BCUT2D eigenvalue weighted by molar-refractivity contribution is 0.280. The Kier molecular flexibility index (Phi) is 5.71. The molecule has 1 aliphatic rings. The van der Waals surface area contributed by atoms with Crippen LogP contribution in [0.2, 0.25) is 5.02 Å². The van der Waals surface area contributed by atoms with Gasteiger partial charge in [0.05, 0.1) is 5.69 Å². The van der Waals surface area contributed by atoms with Gasteiger partial charge in [0.1, 0.15) is 5.82 Å². The second-order valence-electron chi connectivity index (χ2n) is 8.19. The zero-order valence-corrected chi connectivity index (χ0v) is 18.6. The van der Waals surface area contributed by atoms with Crippen LogP contribution in [0.4, 0.5) is 0 Å². The maximum atomic E-state index is 6.13. The van der Waals surface area contributed by atoms with Gasteiger partial charge in [-0.05, 0) is 34.9 Å². The standard InChI is InChI=1S/C27H26ClN3/c1-2-26-29-25-15-17-31(18-21-8-5-7-19-6-3-4-9-23(19)21)16-14-24(25)27(30-26)20-10-12-22(28)13-11-20/h3-13H,2,14-18H2,1H3. The number of fused-ring (bicyclic) bond motifs is 2. The van der Waals surface area contributed by atoms with Crippen LogP contribution in [0, 0.1) is 0 Å². The fraction of sp³-hybridized carbons (Fsp3) is 0.259. The quantitative estimate of drug-likeness (QED) is 0.393. The third-order valence-corrected chi connectivity index (χ3v) is 6.44. The summed E-state index contributed by atoms with van der Waals surface area (Å²) in [7, 11) is 0. The maximum Gasteiger partial charge on any atom is 0.129 e. The summed E-state index contributed by atoms with van der Waals surface area (Å²) < 4.78 is 0. The maximum absolute atomic E-state index is 6.13. The average molecular weight is 428 g/mol. The predicted molar refractivity (Wildman–Crippen MR) is 128 cm³/mol. The monoisotopic (exact) mass is 427 g/mol. The number of aryl methyl sites for hydroxylation is 1. The number of rotatable bonds is 4. The van der Waals surface area contributed by atoms with Gasteiger partial charge in [-0.25, -0.2) is 9.97 Å². The molecule has 5 rings (SSSR count). The Labute approximate surface area is 188 Å². The number of benzene rings is 3. The normalized spacial score (nSPS) is 14.4. The Morgan fingerprint density at radius 3 is 2.48 bits per heavy atom. The van der Waals surface area contributed by atoms with E-state index in [1.165, 1.54) is 27.6 Å². The molecule has 0 aliphatic carbocycles. The first-order chi connectivity index (χ1) is 15.2. The topological polar surface area (TPSA) is 29.0 Å². The van der Waals surface area contributed by atoms with E-state index in [2.05, 4.69) is 66.4 Å². The van der Waals surface area contributed by atoms with Crippen molar-refractivity contribution in [3.63, 3.8) is 0 Å². The van der Waals surface area contributed by atoms with E-state index in [-0.39, 0.29) is 0 Å². The molecule has 31 heavy (non-hydrogen) atoms. The van der Waals surface area contributed by atoms with E-state index in [4.69, 9.17) is 21.6 Å². The number of hydrogen-bond donors (Lipinski definition) is 0. The fourth-order valence-electron chi connectivity index (χ4n) is 4.53. The molecule has 0 bridgehead atoms. The lowest BCUT2D eigenvalue weighted by Gasteiger charge is -2.20. The summed E-state index contributed by atoms with van der Waals surface area (Å²) in [5.41, 5.74) is 6.09. The van der Waals surface area contributed by atoms with Crippen molar-refractivity contribution in [3.05, 3.63) is 94.4 Å². The van der Waals surface area contributed by atoms with Crippen LogP contribution < -0.4 is 0 Å². The van der Waals surface area contributed by atoms with Crippen LogP contribution in [0.1, 0.15) is 29.6 Å². The second kappa shape index (κ2) is 8.78. The van der Waals surface area contributed by atoms with Gasteiger partial charge in [0.2, 0.25) is 0 Å². The summed E-state index contributed by atoms with van der Waals surface area (Å²) in [6.07, 6.45) is 2.76. The second-order valence-corrected chi connectivity index (χ2v) is 8.62. The summed E-state index contributed by atoms with van der Waals surface area (Å²) in [6, 6.07) is 23.3. The van der Waals surface area contributed by atoms with Crippen LogP contribution in [0.15, 0.2) is 66.7 Å². The first-order valence-corrected chi connectivity index (χ1v) is 11.4. The minimum absolute atomic E-state index is 0.751. The van der Waals surface area contributed by atoms with Crippen LogP contribution in [0.5, 0.6) is 0 Å². The third-order valence-electron chi connectivity index (χ3n) is 6.19. The van der Waals surface area contributed by atoms with Gasteiger partial charge in [-0.15, -0.1) is 0 Å². The van der Waals surface area contributed by atoms with E-state index in [9.17, 15) is 0 Å². The molecule has 0 atom stereocenters. The number of nitrogens with zero attached hydrogens (tertiary/aromatic N) is 3. The summed E-state index contributed by atoms with van der Waals surface area (Å²) in [6.45, 7) is 5.10. The van der Waals surface area contributed by atoms with Crippen molar-refractivity contribution in [2.24, 2.45) is 0 Å². The highest BCUT2D eigenvalue weighted by molar-refractivity contribution is 6.30. The summed E-state index contributed by atoms with van der Waals surface area (Å²) in [5, 5.41) is 3.41. The van der Waals surface area contributed by atoms with Gasteiger partial charge in [0, 0.05) is 54.3 Å². The van der Waals surface area contributed by atoms with Crippen LogP contribution in [-0.4, -0.2) is 28.0 Å². The van der Waals surface area contributed by atoms with Crippen molar-refractivity contribution in [3.8, 4) is 11.3 Å². The first kappa shape index (κ1) is 20.2. The van der Waals surface area contributed by atoms with E-state index in [1.807, 2.05) is 12.1 Å². The SMILES string of the molecule is CCc1nc2c(c(-c3ccc(Cl)cc3)n1)CCN(Cc1cccc3ccccc13)CC2. The van der Waals surface area contributed by atoms with Crippen molar-refractivity contribution in [2.75, 3.05) is 13.1 Å². The summed E-state index contributed by atoms with van der Waals surface area (Å²) >= 11 is 6.13. The fourth-order valence-corrected chi connectivity index (χ4v) is 4.66. The van der Waals surface area contributed by atoms with Crippen molar-refractivity contribution >= 4 is 22.4 Å². The molecule has 0 spiro atoms. The lowest BCUT2D eigenvalue weighted by Crippen LogP contribution is -2.26. The van der Waals surface area contributed by atoms with Gasteiger partial charge in [-0.3, -0.25) is 4.90 Å². The molecule has 0 fully saturated rings. The number of hydrogen-bond acceptors (Lipinski definition) is 3. The highest BCUT2D eigenvalue weighted by atomic mass is 35.5. The van der Waals surface area contributed by atoms with Gasteiger partial charge in [0.15, 0.2) is 0 Å². The Morgan fingerprint density at radius 2 is 1.65 bits per heavy atom. The van der Waals surface area contributed by atoms with E-state index in [0.717, 1.165) is 61.0 Å². The molecular formula is C27H26ClN3. The molecule has 0 amide bonds. The zero-order chi connectivity index (χ0) is 21.2. The van der Waals surface area contributed by atoms with Crippen LogP contribution in [-0.2, 0) is 25.8 Å². The van der Waals surface area contributed by atoms with E-state index < -0.39 is 0 Å². The zero-order valence-electron chi connectivity index (χ0n) is 17.8. The Bertz CT molecular complexity index is 1210. The molecule has 0 N–H and O–H groups in total. The lowest BCUT2D eigenvalue weighted by atomic mass is 10.0. The molecule has 3 nitrogen and oxygen atoms in total. The van der Waals surface area contributed by atoms with Crippen LogP contribution >= 0.6 is 11.6 Å². The van der Waals surface area contributed by atoms with E-state index in [0.29, 0.717) is 0 Å². The Morgan fingerprint density at radius 1 is 0.871 bits per heavy atom. The van der Waals surface area contributed by atoms with E-state index in [1.54, 1.807) is 0 Å². The predicted octanol–water partition coefficient (Wildman–Crippen LogP) is 6.11. The molecule has 0 unspecified atom stereocenters. The molecule has 156 valence electrons. The molecule has 0 saturated heterocycles. The van der Waals surface area contributed by atoms with Gasteiger partial charge >= 0.3 is 0 Å². The molecule has 3 aromatic carbocycles. The molecule has 0 saturated carbocycles. The highest BCUT2D eigenvalue weighted by Gasteiger charge is 2.21. The molecule has 4 heteroatoms. The summed E-state index contributed by atoms with van der Waals surface area (Å²) in [5.74, 6) is 0.922. The first-order valence-electron chi connectivity index (χ1n) is 11.0. The van der Waals surface area contributed by atoms with Crippen LogP contribution in [0.3, 0.4) is 0 Å². The van der Waals surface area contributed by atoms with Gasteiger partial charge in [-0.2, -0.15) is 0 Å².